The van der Waals surface area contributed by atoms with Gasteiger partial charge in [0, 0.05) is 24.1 Å². The first-order valence-corrected chi connectivity index (χ1v) is 9.04. The van der Waals surface area contributed by atoms with Gasteiger partial charge in [0.25, 0.3) is 5.91 Å². The Balaban J connectivity index is 1.75. The normalized spacial score (nSPS) is 16.4. The van der Waals surface area contributed by atoms with Crippen molar-refractivity contribution in [3.63, 3.8) is 0 Å². The van der Waals surface area contributed by atoms with E-state index in [0.717, 1.165) is 23.1 Å². The van der Waals surface area contributed by atoms with Crippen molar-refractivity contribution in [1.29, 1.82) is 0 Å². The molecule has 1 aliphatic rings. The van der Waals surface area contributed by atoms with Crippen molar-refractivity contribution in [2.24, 2.45) is 0 Å². The quantitative estimate of drug-likeness (QED) is 0.827. The van der Waals surface area contributed by atoms with Crippen LogP contribution in [0.5, 0.6) is 0 Å². The standard InChI is InChI=1S/C19H20BrFN2O2/c20-17-7-2-1-6-16(17)19(24)22-13-18(23-8-10-25-11-9-23)14-4-3-5-15(21)12-14/h1-7,12,18H,8-11,13H2,(H,22,24). The van der Waals surface area contributed by atoms with Crippen molar-refractivity contribution in [3.8, 4) is 0 Å². The van der Waals surface area contributed by atoms with Crippen LogP contribution in [0, 0.1) is 5.82 Å². The van der Waals surface area contributed by atoms with Crippen LogP contribution in [0.15, 0.2) is 53.0 Å². The Morgan fingerprint density at radius 1 is 1.20 bits per heavy atom. The van der Waals surface area contributed by atoms with Crippen LogP contribution in [0.4, 0.5) is 4.39 Å². The van der Waals surface area contributed by atoms with Gasteiger partial charge in [-0.05, 0) is 45.8 Å². The average molecular weight is 407 g/mol. The van der Waals surface area contributed by atoms with Crippen LogP contribution in [0.1, 0.15) is 22.0 Å². The van der Waals surface area contributed by atoms with Gasteiger partial charge in [0.15, 0.2) is 0 Å². The van der Waals surface area contributed by atoms with E-state index in [1.165, 1.54) is 12.1 Å². The lowest BCUT2D eigenvalue weighted by Crippen LogP contribution is -2.43. The number of amides is 1. The maximum atomic E-state index is 13.7. The summed E-state index contributed by atoms with van der Waals surface area (Å²) in [4.78, 5) is 14.7. The number of rotatable bonds is 5. The second-order valence-corrected chi connectivity index (χ2v) is 6.76. The summed E-state index contributed by atoms with van der Waals surface area (Å²) in [7, 11) is 0. The van der Waals surface area contributed by atoms with Crippen LogP contribution in [0.25, 0.3) is 0 Å². The molecular weight excluding hydrogens is 387 g/mol. The van der Waals surface area contributed by atoms with Gasteiger partial charge in [-0.15, -0.1) is 0 Å². The lowest BCUT2D eigenvalue weighted by molar-refractivity contribution is 0.0162. The van der Waals surface area contributed by atoms with Crippen LogP contribution >= 0.6 is 15.9 Å². The number of hydrogen-bond acceptors (Lipinski definition) is 3. The molecule has 0 radical (unpaired) electrons. The van der Waals surface area contributed by atoms with Crippen LogP contribution in [0.2, 0.25) is 0 Å². The molecule has 1 saturated heterocycles. The summed E-state index contributed by atoms with van der Waals surface area (Å²) in [6, 6.07) is 13.8. The Hall–Kier alpha value is -1.76. The summed E-state index contributed by atoms with van der Waals surface area (Å²) in [5, 5.41) is 2.98. The molecule has 2 aromatic carbocycles. The second kappa shape index (κ2) is 8.56. The minimum Gasteiger partial charge on any atom is -0.379 e. The first-order chi connectivity index (χ1) is 12.1. The molecule has 1 unspecified atom stereocenters. The van der Waals surface area contributed by atoms with Gasteiger partial charge in [-0.1, -0.05) is 24.3 Å². The van der Waals surface area contributed by atoms with Crippen molar-refractivity contribution in [1.82, 2.24) is 10.2 Å². The predicted molar refractivity (Wildman–Crippen MR) is 98.0 cm³/mol. The molecule has 0 spiro atoms. The molecule has 1 heterocycles. The first-order valence-electron chi connectivity index (χ1n) is 8.25. The van der Waals surface area contributed by atoms with E-state index in [0.29, 0.717) is 25.3 Å². The fraction of sp³-hybridized carbons (Fsp3) is 0.316. The topological polar surface area (TPSA) is 41.6 Å². The first kappa shape index (κ1) is 18.0. The van der Waals surface area contributed by atoms with E-state index in [-0.39, 0.29) is 17.8 Å². The Bertz CT molecular complexity index is 735. The molecule has 1 amide bonds. The Morgan fingerprint density at radius 3 is 2.68 bits per heavy atom. The van der Waals surface area contributed by atoms with Gasteiger partial charge < -0.3 is 10.1 Å². The summed E-state index contributed by atoms with van der Waals surface area (Å²) in [5.41, 5.74) is 1.44. The number of nitrogens with one attached hydrogen (secondary N) is 1. The van der Waals surface area contributed by atoms with Crippen LogP contribution in [-0.2, 0) is 4.74 Å². The van der Waals surface area contributed by atoms with Crippen molar-refractivity contribution < 1.29 is 13.9 Å². The largest absolute Gasteiger partial charge is 0.379 e. The van der Waals surface area contributed by atoms with Crippen LogP contribution in [-0.4, -0.2) is 43.7 Å². The molecule has 0 saturated carbocycles. The fourth-order valence-corrected chi connectivity index (χ4v) is 3.46. The number of halogens is 2. The van der Waals surface area contributed by atoms with Gasteiger partial charge in [0.2, 0.25) is 0 Å². The Kier molecular flexibility index (Phi) is 6.18. The van der Waals surface area contributed by atoms with E-state index in [9.17, 15) is 9.18 Å². The third-order valence-electron chi connectivity index (χ3n) is 4.29. The maximum Gasteiger partial charge on any atom is 0.252 e. The number of hydrogen-bond donors (Lipinski definition) is 1. The van der Waals surface area contributed by atoms with E-state index >= 15 is 0 Å². The van der Waals surface area contributed by atoms with Gasteiger partial charge in [-0.3, -0.25) is 9.69 Å². The number of nitrogens with zero attached hydrogens (tertiary/aromatic N) is 1. The van der Waals surface area contributed by atoms with Gasteiger partial charge in [0.1, 0.15) is 5.82 Å². The highest BCUT2D eigenvalue weighted by atomic mass is 79.9. The highest BCUT2D eigenvalue weighted by Crippen LogP contribution is 2.23. The third-order valence-corrected chi connectivity index (χ3v) is 4.99. The van der Waals surface area contributed by atoms with Crippen LogP contribution < -0.4 is 5.32 Å². The highest BCUT2D eigenvalue weighted by Gasteiger charge is 2.24. The summed E-state index contributed by atoms with van der Waals surface area (Å²) >= 11 is 3.40. The van der Waals surface area contributed by atoms with Gasteiger partial charge in [-0.2, -0.15) is 0 Å². The third kappa shape index (κ3) is 4.66. The molecule has 3 rings (SSSR count). The molecule has 1 aliphatic heterocycles. The molecular formula is C19H20BrFN2O2. The minimum absolute atomic E-state index is 0.0916. The molecule has 1 fully saturated rings. The molecule has 0 aromatic heterocycles. The van der Waals surface area contributed by atoms with Gasteiger partial charge in [-0.25, -0.2) is 4.39 Å². The molecule has 4 nitrogen and oxygen atoms in total. The lowest BCUT2D eigenvalue weighted by Gasteiger charge is -2.35. The van der Waals surface area contributed by atoms with E-state index in [2.05, 4.69) is 26.1 Å². The Labute approximate surface area is 155 Å². The molecule has 25 heavy (non-hydrogen) atoms. The van der Waals surface area contributed by atoms with Gasteiger partial charge in [0.05, 0.1) is 24.8 Å². The number of carbonyl (C=O) groups is 1. The smallest absolute Gasteiger partial charge is 0.252 e. The lowest BCUT2D eigenvalue weighted by atomic mass is 10.0. The number of carbonyl (C=O) groups excluding carboxylic acids is 1. The summed E-state index contributed by atoms with van der Waals surface area (Å²) in [6.45, 7) is 3.20. The molecule has 2 aromatic rings. The predicted octanol–water partition coefficient (Wildman–Crippen LogP) is 3.39. The molecule has 0 bridgehead atoms. The SMILES string of the molecule is O=C(NCC(c1cccc(F)c1)N1CCOCC1)c1ccccc1Br. The summed E-state index contributed by atoms with van der Waals surface area (Å²) in [6.07, 6.45) is 0. The zero-order chi connectivity index (χ0) is 17.6. The zero-order valence-electron chi connectivity index (χ0n) is 13.8. The van der Waals surface area contributed by atoms with Gasteiger partial charge >= 0.3 is 0 Å². The number of morpholine rings is 1. The van der Waals surface area contributed by atoms with Crippen molar-refractivity contribution in [2.75, 3.05) is 32.8 Å². The highest BCUT2D eigenvalue weighted by molar-refractivity contribution is 9.10. The van der Waals surface area contributed by atoms with E-state index < -0.39 is 0 Å². The van der Waals surface area contributed by atoms with Crippen LogP contribution in [0.3, 0.4) is 0 Å². The number of ether oxygens (including phenoxy) is 1. The minimum atomic E-state index is -0.270. The monoisotopic (exact) mass is 406 g/mol. The maximum absolute atomic E-state index is 13.7. The van der Waals surface area contributed by atoms with Crippen molar-refractivity contribution >= 4 is 21.8 Å². The van der Waals surface area contributed by atoms with E-state index in [4.69, 9.17) is 4.74 Å². The zero-order valence-corrected chi connectivity index (χ0v) is 15.3. The molecule has 132 valence electrons. The number of benzene rings is 2. The van der Waals surface area contributed by atoms with Crippen molar-refractivity contribution in [2.45, 2.75) is 6.04 Å². The average Bonchev–Trinajstić information content (AvgIpc) is 2.63. The second-order valence-electron chi connectivity index (χ2n) is 5.91. The summed E-state index contributed by atoms with van der Waals surface area (Å²) in [5.74, 6) is -0.421. The van der Waals surface area contributed by atoms with Crippen molar-refractivity contribution in [3.05, 3.63) is 69.9 Å². The molecule has 1 N–H and O–H groups in total. The molecule has 1 atom stereocenters. The van der Waals surface area contributed by atoms with E-state index in [1.807, 2.05) is 24.3 Å². The van der Waals surface area contributed by atoms with E-state index in [1.54, 1.807) is 12.1 Å². The molecule has 6 heteroatoms. The fourth-order valence-electron chi connectivity index (χ4n) is 2.99. The summed E-state index contributed by atoms with van der Waals surface area (Å²) < 4.78 is 19.8. The Morgan fingerprint density at radius 2 is 1.96 bits per heavy atom. The molecule has 0 aliphatic carbocycles.